The number of nitrogens with zero attached hydrogens (tertiary/aromatic N) is 3. The van der Waals surface area contributed by atoms with Gasteiger partial charge in [0.05, 0.1) is 0 Å². The fraction of sp³-hybridized carbons (Fsp3) is 0.143. The molecule has 0 fully saturated rings. The third-order valence-corrected chi connectivity index (χ3v) is 3.52. The Morgan fingerprint density at radius 1 is 1.18 bits per heavy atom. The maximum Gasteiger partial charge on any atom is 0.363 e. The highest BCUT2D eigenvalue weighted by Gasteiger charge is 2.33. The summed E-state index contributed by atoms with van der Waals surface area (Å²) >= 11 is 5.83. The minimum Gasteiger partial charge on any atom is -0.267 e. The Kier molecular flexibility index (Phi) is 3.42. The van der Waals surface area contributed by atoms with Crippen LogP contribution in [0.3, 0.4) is 0 Å². The van der Waals surface area contributed by atoms with Gasteiger partial charge in [-0.3, -0.25) is 9.59 Å². The predicted octanol–water partition coefficient (Wildman–Crippen LogP) is 0.767. The van der Waals surface area contributed by atoms with Gasteiger partial charge in [-0.1, -0.05) is 23.7 Å². The van der Waals surface area contributed by atoms with Gasteiger partial charge in [0.15, 0.2) is 5.82 Å². The zero-order valence-corrected chi connectivity index (χ0v) is 12.3. The van der Waals surface area contributed by atoms with Crippen LogP contribution in [-0.4, -0.2) is 26.7 Å². The Balaban J connectivity index is 1.98. The molecule has 2 aromatic rings. The van der Waals surface area contributed by atoms with Crippen LogP contribution in [0.2, 0.25) is 5.02 Å². The van der Waals surface area contributed by atoms with E-state index in [4.69, 9.17) is 11.6 Å². The van der Waals surface area contributed by atoms with Crippen LogP contribution in [0.5, 0.6) is 0 Å². The molecule has 0 bridgehead atoms. The first kappa shape index (κ1) is 14.3. The number of benzene rings is 1. The molecule has 1 aromatic heterocycles. The third-order valence-electron chi connectivity index (χ3n) is 3.27. The van der Waals surface area contributed by atoms with Crippen molar-refractivity contribution < 1.29 is 9.59 Å². The van der Waals surface area contributed by atoms with Crippen molar-refractivity contribution >= 4 is 23.4 Å². The first-order valence-electron chi connectivity index (χ1n) is 6.45. The van der Waals surface area contributed by atoms with Gasteiger partial charge in [-0.2, -0.15) is 14.8 Å². The van der Waals surface area contributed by atoms with Crippen LogP contribution < -0.4 is 10.7 Å². The van der Waals surface area contributed by atoms with Crippen LogP contribution >= 0.6 is 11.6 Å². The number of imide groups is 1. The molecule has 1 aliphatic heterocycles. The number of hydrogen-bond donors (Lipinski definition) is 1. The number of H-pyrrole nitrogens is 1. The second-order valence-electron chi connectivity index (χ2n) is 4.84. The highest BCUT2D eigenvalue weighted by Crippen LogP contribution is 2.14. The molecular formula is C14H11ClN4O3. The third kappa shape index (κ3) is 2.35. The standard InChI is InChI=1S/C14H11ClN4O3/c1-8-6-12(20)19(13(8)21)18-11(16-17-14(18)22)7-9-2-4-10(15)5-3-9/h2-6H,7H2,1H3,(H,17,22). The van der Waals surface area contributed by atoms with Crippen LogP contribution in [-0.2, 0) is 16.0 Å². The molecule has 1 aliphatic rings. The number of amides is 2. The normalized spacial score (nSPS) is 14.6. The summed E-state index contributed by atoms with van der Waals surface area (Å²) < 4.78 is 0.965. The lowest BCUT2D eigenvalue weighted by molar-refractivity contribution is -0.122. The van der Waals surface area contributed by atoms with Gasteiger partial charge >= 0.3 is 5.69 Å². The van der Waals surface area contributed by atoms with Crippen molar-refractivity contribution in [1.29, 1.82) is 0 Å². The van der Waals surface area contributed by atoms with E-state index in [0.717, 1.165) is 15.2 Å². The molecule has 1 aromatic carbocycles. The van der Waals surface area contributed by atoms with Crippen molar-refractivity contribution in [3.63, 3.8) is 0 Å². The monoisotopic (exact) mass is 318 g/mol. The fourth-order valence-corrected chi connectivity index (χ4v) is 2.32. The quantitative estimate of drug-likeness (QED) is 0.847. The van der Waals surface area contributed by atoms with Gasteiger partial charge in [-0.15, -0.1) is 0 Å². The van der Waals surface area contributed by atoms with Crippen molar-refractivity contribution in [3.05, 3.63) is 62.8 Å². The number of nitrogens with one attached hydrogen (secondary N) is 1. The Bertz CT molecular complexity index is 848. The lowest BCUT2D eigenvalue weighted by Gasteiger charge is -2.16. The van der Waals surface area contributed by atoms with Crippen molar-refractivity contribution in [2.75, 3.05) is 5.01 Å². The number of halogens is 1. The molecule has 0 atom stereocenters. The second-order valence-corrected chi connectivity index (χ2v) is 5.28. The minimum atomic E-state index is -0.645. The summed E-state index contributed by atoms with van der Waals surface area (Å²) in [6.45, 7) is 1.52. The molecule has 0 saturated heterocycles. The number of carbonyl (C=O) groups excluding carboxylic acids is 2. The lowest BCUT2D eigenvalue weighted by atomic mass is 10.1. The molecule has 0 aliphatic carbocycles. The van der Waals surface area contributed by atoms with E-state index < -0.39 is 17.5 Å². The first-order chi connectivity index (χ1) is 10.5. The van der Waals surface area contributed by atoms with E-state index in [9.17, 15) is 14.4 Å². The molecule has 0 unspecified atom stereocenters. The molecule has 2 heterocycles. The summed E-state index contributed by atoms with van der Waals surface area (Å²) in [5.41, 5.74) is 0.470. The topological polar surface area (TPSA) is 88.1 Å². The molecule has 0 radical (unpaired) electrons. The van der Waals surface area contributed by atoms with Gasteiger partial charge in [-0.25, -0.2) is 9.89 Å². The summed E-state index contributed by atoms with van der Waals surface area (Å²) in [6, 6.07) is 6.99. The Labute approximate surface area is 129 Å². The average molecular weight is 319 g/mol. The minimum absolute atomic E-state index is 0.261. The number of hydrogen-bond acceptors (Lipinski definition) is 4. The molecule has 0 spiro atoms. The van der Waals surface area contributed by atoms with E-state index in [1.807, 2.05) is 0 Å². The van der Waals surface area contributed by atoms with Gasteiger partial charge < -0.3 is 0 Å². The SMILES string of the molecule is CC1=CC(=O)N(n2c(Cc3ccc(Cl)cc3)n[nH]c2=O)C1=O. The van der Waals surface area contributed by atoms with E-state index in [0.29, 0.717) is 5.02 Å². The highest BCUT2D eigenvalue weighted by atomic mass is 35.5. The smallest absolute Gasteiger partial charge is 0.267 e. The second kappa shape index (κ2) is 5.27. The van der Waals surface area contributed by atoms with Crippen molar-refractivity contribution in [3.8, 4) is 0 Å². The van der Waals surface area contributed by atoms with Gasteiger partial charge in [-0.05, 0) is 24.6 Å². The largest absolute Gasteiger partial charge is 0.363 e. The van der Waals surface area contributed by atoms with Crippen molar-refractivity contribution in [2.24, 2.45) is 0 Å². The van der Waals surface area contributed by atoms with Gasteiger partial charge in [0.2, 0.25) is 0 Å². The summed E-state index contributed by atoms with van der Waals surface area (Å²) in [4.78, 5) is 35.9. The molecular weight excluding hydrogens is 308 g/mol. The Morgan fingerprint density at radius 2 is 1.86 bits per heavy atom. The molecule has 112 valence electrons. The fourth-order valence-electron chi connectivity index (χ4n) is 2.19. The number of aromatic amines is 1. The van der Waals surface area contributed by atoms with E-state index in [1.165, 1.54) is 13.0 Å². The summed E-state index contributed by atoms with van der Waals surface area (Å²) in [6.07, 6.45) is 1.46. The summed E-state index contributed by atoms with van der Waals surface area (Å²) in [7, 11) is 0. The maximum atomic E-state index is 12.0. The van der Waals surface area contributed by atoms with Crippen LogP contribution in [0.4, 0.5) is 0 Å². The zero-order valence-electron chi connectivity index (χ0n) is 11.5. The molecule has 7 nitrogen and oxygen atoms in total. The van der Waals surface area contributed by atoms with E-state index in [-0.39, 0.29) is 17.8 Å². The van der Waals surface area contributed by atoms with Crippen LogP contribution in [0.15, 0.2) is 40.7 Å². The molecule has 3 rings (SSSR count). The molecule has 0 saturated carbocycles. The molecule has 22 heavy (non-hydrogen) atoms. The zero-order chi connectivity index (χ0) is 15.9. The van der Waals surface area contributed by atoms with Crippen LogP contribution in [0, 0.1) is 0 Å². The van der Waals surface area contributed by atoms with Crippen molar-refractivity contribution in [1.82, 2.24) is 14.9 Å². The van der Waals surface area contributed by atoms with E-state index in [2.05, 4.69) is 10.2 Å². The Hall–Kier alpha value is -2.67. The Morgan fingerprint density at radius 3 is 2.45 bits per heavy atom. The number of aromatic nitrogens is 3. The summed E-state index contributed by atoms with van der Waals surface area (Å²) in [5.74, 6) is -0.841. The number of carbonyl (C=O) groups is 2. The first-order valence-corrected chi connectivity index (χ1v) is 6.83. The predicted molar refractivity (Wildman–Crippen MR) is 79.1 cm³/mol. The number of rotatable bonds is 3. The average Bonchev–Trinajstić information content (AvgIpc) is 2.94. The van der Waals surface area contributed by atoms with Gasteiger partial charge in [0.1, 0.15) is 0 Å². The van der Waals surface area contributed by atoms with Crippen molar-refractivity contribution in [2.45, 2.75) is 13.3 Å². The van der Waals surface area contributed by atoms with E-state index in [1.54, 1.807) is 24.3 Å². The molecule has 8 heteroatoms. The maximum absolute atomic E-state index is 12.0. The molecule has 1 N–H and O–H groups in total. The van der Waals surface area contributed by atoms with Crippen LogP contribution in [0.25, 0.3) is 0 Å². The van der Waals surface area contributed by atoms with E-state index >= 15 is 0 Å². The summed E-state index contributed by atoms with van der Waals surface area (Å²) in [5, 5.41) is 7.53. The highest BCUT2D eigenvalue weighted by molar-refractivity contribution is 6.30. The molecule has 2 amide bonds. The lowest BCUT2D eigenvalue weighted by Crippen LogP contribution is -2.47. The van der Waals surface area contributed by atoms with Gasteiger partial charge in [0.25, 0.3) is 11.8 Å². The van der Waals surface area contributed by atoms with Gasteiger partial charge in [0, 0.05) is 23.1 Å². The van der Waals surface area contributed by atoms with Crippen LogP contribution in [0.1, 0.15) is 18.3 Å².